The molecule has 19 heavy (non-hydrogen) atoms. The van der Waals surface area contributed by atoms with Crippen LogP contribution in [0.2, 0.25) is 5.02 Å². The van der Waals surface area contributed by atoms with E-state index in [0.29, 0.717) is 17.1 Å². The lowest BCUT2D eigenvalue weighted by Crippen LogP contribution is -2.12. The van der Waals surface area contributed by atoms with Crippen LogP contribution in [-0.2, 0) is 6.54 Å². The van der Waals surface area contributed by atoms with Gasteiger partial charge in [-0.25, -0.2) is 8.78 Å². The molecule has 0 heterocycles. The molecule has 1 N–H and O–H groups in total. The van der Waals surface area contributed by atoms with Crippen LogP contribution >= 0.6 is 11.6 Å². The molecule has 0 aliphatic carbocycles. The van der Waals surface area contributed by atoms with Crippen LogP contribution in [0.15, 0.2) is 36.4 Å². The van der Waals surface area contributed by atoms with Crippen LogP contribution in [0.3, 0.4) is 0 Å². The second-order valence-corrected chi connectivity index (χ2v) is 4.61. The lowest BCUT2D eigenvalue weighted by molar-refractivity contribution is 0.622. The quantitative estimate of drug-likeness (QED) is 0.876. The lowest BCUT2D eigenvalue weighted by Gasteiger charge is -2.12. The Morgan fingerprint density at radius 2 is 1.63 bits per heavy atom. The number of halogens is 3. The topological polar surface area (TPSA) is 12.0 Å². The van der Waals surface area contributed by atoms with Crippen molar-refractivity contribution in [1.82, 2.24) is 5.32 Å². The average molecular weight is 282 g/mol. The first-order valence-corrected chi connectivity index (χ1v) is 6.44. The van der Waals surface area contributed by atoms with Gasteiger partial charge < -0.3 is 5.32 Å². The molecule has 0 spiro atoms. The molecule has 0 fully saturated rings. The minimum atomic E-state index is -0.385. The molecule has 0 aliphatic heterocycles. The summed E-state index contributed by atoms with van der Waals surface area (Å²) in [5.41, 5.74) is 2.32. The zero-order valence-corrected chi connectivity index (χ0v) is 11.3. The second kappa shape index (κ2) is 6.13. The molecule has 0 radical (unpaired) electrons. The molecule has 0 unspecified atom stereocenters. The van der Waals surface area contributed by atoms with E-state index in [1.54, 1.807) is 12.1 Å². The summed E-state index contributed by atoms with van der Waals surface area (Å²) < 4.78 is 26.4. The molecule has 0 saturated carbocycles. The SMILES string of the molecule is CCNCc1cc(F)ccc1-c1ccc(F)cc1Cl. The van der Waals surface area contributed by atoms with E-state index in [9.17, 15) is 8.78 Å². The second-order valence-electron chi connectivity index (χ2n) is 4.21. The van der Waals surface area contributed by atoms with E-state index in [-0.39, 0.29) is 11.6 Å². The van der Waals surface area contributed by atoms with Gasteiger partial charge in [0.15, 0.2) is 0 Å². The monoisotopic (exact) mass is 281 g/mol. The Morgan fingerprint density at radius 1 is 1.00 bits per heavy atom. The van der Waals surface area contributed by atoms with E-state index in [1.807, 2.05) is 6.92 Å². The summed E-state index contributed by atoms with van der Waals surface area (Å²) >= 11 is 6.06. The summed E-state index contributed by atoms with van der Waals surface area (Å²) in [4.78, 5) is 0. The third kappa shape index (κ3) is 3.31. The number of nitrogens with one attached hydrogen (secondary N) is 1. The number of rotatable bonds is 4. The van der Waals surface area contributed by atoms with Crippen LogP contribution in [0.1, 0.15) is 12.5 Å². The highest BCUT2D eigenvalue weighted by Crippen LogP contribution is 2.31. The highest BCUT2D eigenvalue weighted by atomic mass is 35.5. The van der Waals surface area contributed by atoms with Crippen molar-refractivity contribution in [2.24, 2.45) is 0 Å². The summed E-state index contributed by atoms with van der Waals surface area (Å²) in [5.74, 6) is -0.681. The molecular weight excluding hydrogens is 268 g/mol. The maximum atomic E-state index is 13.3. The molecule has 100 valence electrons. The normalized spacial score (nSPS) is 10.7. The van der Waals surface area contributed by atoms with E-state index >= 15 is 0 Å². The first-order chi connectivity index (χ1) is 9.11. The number of hydrogen-bond acceptors (Lipinski definition) is 1. The van der Waals surface area contributed by atoms with Crippen LogP contribution < -0.4 is 5.32 Å². The summed E-state index contributed by atoms with van der Waals surface area (Å²) in [7, 11) is 0. The molecule has 2 aromatic carbocycles. The minimum Gasteiger partial charge on any atom is -0.313 e. The Balaban J connectivity index is 2.48. The fourth-order valence-corrected chi connectivity index (χ4v) is 2.21. The predicted molar refractivity (Wildman–Crippen MR) is 74.2 cm³/mol. The Bertz CT molecular complexity index is 584. The molecule has 0 aliphatic rings. The fourth-order valence-electron chi connectivity index (χ4n) is 1.94. The van der Waals surface area contributed by atoms with E-state index in [4.69, 9.17) is 11.6 Å². The first-order valence-electron chi connectivity index (χ1n) is 6.06. The van der Waals surface area contributed by atoms with Crippen LogP contribution in [-0.4, -0.2) is 6.54 Å². The summed E-state index contributed by atoms with van der Waals surface area (Å²) in [6, 6.07) is 8.74. The van der Waals surface area contributed by atoms with E-state index in [2.05, 4.69) is 5.32 Å². The highest BCUT2D eigenvalue weighted by Gasteiger charge is 2.10. The van der Waals surface area contributed by atoms with Crippen LogP contribution in [0, 0.1) is 11.6 Å². The smallest absolute Gasteiger partial charge is 0.124 e. The molecule has 1 nitrogen and oxygen atoms in total. The predicted octanol–water partition coefficient (Wildman–Crippen LogP) is 4.39. The summed E-state index contributed by atoms with van der Waals surface area (Å²) in [6.45, 7) is 3.30. The van der Waals surface area contributed by atoms with Gasteiger partial charge in [0.1, 0.15) is 11.6 Å². The summed E-state index contributed by atoms with van der Waals surface area (Å²) in [6.07, 6.45) is 0. The standard InChI is InChI=1S/C15H14ClF2N/c1-2-19-9-10-7-11(17)3-5-13(10)14-6-4-12(18)8-15(14)16/h3-8,19H,2,9H2,1H3. The maximum absolute atomic E-state index is 13.3. The first kappa shape index (κ1) is 14.0. The van der Waals surface area contributed by atoms with E-state index in [0.717, 1.165) is 17.7 Å². The zero-order valence-electron chi connectivity index (χ0n) is 10.5. The minimum absolute atomic E-state index is 0.296. The molecule has 0 bridgehead atoms. The Labute approximate surface area is 116 Å². The lowest BCUT2D eigenvalue weighted by atomic mass is 9.99. The molecule has 0 amide bonds. The van der Waals surface area contributed by atoms with Gasteiger partial charge in [-0.1, -0.05) is 24.6 Å². The molecule has 4 heteroatoms. The molecule has 0 aromatic heterocycles. The zero-order chi connectivity index (χ0) is 13.8. The highest BCUT2D eigenvalue weighted by molar-refractivity contribution is 6.33. The largest absolute Gasteiger partial charge is 0.313 e. The molecule has 0 saturated heterocycles. The Kier molecular flexibility index (Phi) is 4.51. The van der Waals surface area contributed by atoms with Gasteiger partial charge in [0.05, 0.1) is 5.02 Å². The van der Waals surface area contributed by atoms with Crippen molar-refractivity contribution >= 4 is 11.6 Å². The van der Waals surface area contributed by atoms with Crippen molar-refractivity contribution in [3.8, 4) is 11.1 Å². The van der Waals surface area contributed by atoms with Crippen molar-refractivity contribution in [3.63, 3.8) is 0 Å². The number of hydrogen-bond donors (Lipinski definition) is 1. The molecule has 2 aromatic rings. The maximum Gasteiger partial charge on any atom is 0.124 e. The van der Waals surface area contributed by atoms with Crippen molar-refractivity contribution in [1.29, 1.82) is 0 Å². The van der Waals surface area contributed by atoms with Crippen molar-refractivity contribution < 1.29 is 8.78 Å². The van der Waals surface area contributed by atoms with Crippen molar-refractivity contribution in [3.05, 3.63) is 58.6 Å². The van der Waals surface area contributed by atoms with Crippen LogP contribution in [0.5, 0.6) is 0 Å². The Hall–Kier alpha value is -1.45. The van der Waals surface area contributed by atoms with Gasteiger partial charge in [-0.15, -0.1) is 0 Å². The number of benzene rings is 2. The Morgan fingerprint density at radius 3 is 2.26 bits per heavy atom. The van der Waals surface area contributed by atoms with Crippen molar-refractivity contribution in [2.75, 3.05) is 6.54 Å². The van der Waals surface area contributed by atoms with E-state index < -0.39 is 0 Å². The summed E-state index contributed by atoms with van der Waals surface area (Å²) in [5, 5.41) is 3.47. The average Bonchev–Trinajstić information content (AvgIpc) is 2.37. The van der Waals surface area contributed by atoms with Crippen molar-refractivity contribution in [2.45, 2.75) is 13.5 Å². The van der Waals surface area contributed by atoms with Gasteiger partial charge in [-0.05, 0) is 48.0 Å². The van der Waals surface area contributed by atoms with Gasteiger partial charge in [-0.2, -0.15) is 0 Å². The molecular formula is C15H14ClF2N. The van der Waals surface area contributed by atoms with Gasteiger partial charge in [0.25, 0.3) is 0 Å². The third-order valence-electron chi connectivity index (χ3n) is 2.85. The third-order valence-corrected chi connectivity index (χ3v) is 3.17. The fraction of sp³-hybridized carbons (Fsp3) is 0.200. The van der Waals surface area contributed by atoms with Gasteiger partial charge in [-0.3, -0.25) is 0 Å². The van der Waals surface area contributed by atoms with Gasteiger partial charge >= 0.3 is 0 Å². The molecule has 2 rings (SSSR count). The molecule has 0 atom stereocenters. The van der Waals surface area contributed by atoms with Gasteiger partial charge in [0.2, 0.25) is 0 Å². The van der Waals surface area contributed by atoms with Gasteiger partial charge in [0, 0.05) is 12.1 Å². The van der Waals surface area contributed by atoms with Crippen LogP contribution in [0.25, 0.3) is 11.1 Å². The van der Waals surface area contributed by atoms with E-state index in [1.165, 1.54) is 24.3 Å². The van der Waals surface area contributed by atoms with Crippen LogP contribution in [0.4, 0.5) is 8.78 Å².